The number of hydrogen-bond acceptors (Lipinski definition) is 3. The number of halogens is 1. The van der Waals surface area contributed by atoms with E-state index in [-0.39, 0.29) is 5.54 Å². The van der Waals surface area contributed by atoms with E-state index in [9.17, 15) is 0 Å². The van der Waals surface area contributed by atoms with Gasteiger partial charge in [-0.1, -0.05) is 22.0 Å². The Bertz CT molecular complexity index is 490. The Hall–Kier alpha value is -0.690. The lowest BCUT2D eigenvalue weighted by molar-refractivity contribution is -0.00823. The second kappa shape index (κ2) is 7.54. The molecule has 0 amide bonds. The minimum absolute atomic E-state index is 0.0484. The molecule has 0 spiro atoms. The zero-order chi connectivity index (χ0) is 15.3. The first-order chi connectivity index (χ1) is 9.97. The summed E-state index contributed by atoms with van der Waals surface area (Å²) in [5.74, 6) is 0. The quantitative estimate of drug-likeness (QED) is 0.795. The van der Waals surface area contributed by atoms with E-state index in [4.69, 9.17) is 17.0 Å². The highest BCUT2D eigenvalue weighted by Crippen LogP contribution is 2.17. The van der Waals surface area contributed by atoms with Crippen molar-refractivity contribution in [2.75, 3.05) is 38.2 Å². The predicted octanol–water partition coefficient (Wildman–Crippen LogP) is 2.85. The fourth-order valence-corrected chi connectivity index (χ4v) is 2.91. The third-order valence-electron chi connectivity index (χ3n) is 3.63. The van der Waals surface area contributed by atoms with Gasteiger partial charge in [-0.3, -0.25) is 4.90 Å². The average Bonchev–Trinajstić information content (AvgIpc) is 2.46. The number of benzene rings is 1. The largest absolute Gasteiger partial charge is 0.379 e. The molecule has 1 fully saturated rings. The van der Waals surface area contributed by atoms with Crippen LogP contribution in [0.2, 0.25) is 0 Å². The summed E-state index contributed by atoms with van der Waals surface area (Å²) in [6.45, 7) is 8.82. The molecule has 2 N–H and O–H groups in total. The van der Waals surface area contributed by atoms with Gasteiger partial charge in [0.25, 0.3) is 0 Å². The van der Waals surface area contributed by atoms with Crippen LogP contribution in [0.15, 0.2) is 28.7 Å². The Labute approximate surface area is 140 Å². The van der Waals surface area contributed by atoms with Crippen molar-refractivity contribution >= 4 is 38.9 Å². The van der Waals surface area contributed by atoms with Gasteiger partial charge in [0.1, 0.15) is 0 Å². The fraction of sp³-hybridized carbons (Fsp3) is 0.533. The smallest absolute Gasteiger partial charge is 0.170 e. The molecule has 0 unspecified atom stereocenters. The van der Waals surface area contributed by atoms with E-state index in [1.807, 2.05) is 24.3 Å². The van der Waals surface area contributed by atoms with Crippen LogP contribution in [0.1, 0.15) is 13.8 Å². The number of nitrogens with zero attached hydrogens (tertiary/aromatic N) is 1. The van der Waals surface area contributed by atoms with Crippen LogP contribution in [0.25, 0.3) is 0 Å². The van der Waals surface area contributed by atoms with Crippen LogP contribution in [0.4, 0.5) is 5.69 Å². The van der Waals surface area contributed by atoms with Crippen LogP contribution < -0.4 is 10.6 Å². The van der Waals surface area contributed by atoms with E-state index in [1.165, 1.54) is 0 Å². The zero-order valence-electron chi connectivity index (χ0n) is 12.5. The van der Waals surface area contributed by atoms with E-state index in [1.54, 1.807) is 0 Å². The number of nitrogens with one attached hydrogen (secondary N) is 2. The molecule has 1 aromatic rings. The van der Waals surface area contributed by atoms with Gasteiger partial charge in [0, 0.05) is 35.3 Å². The number of rotatable bonds is 4. The van der Waals surface area contributed by atoms with Gasteiger partial charge in [0.15, 0.2) is 5.11 Å². The predicted molar refractivity (Wildman–Crippen MR) is 94.8 cm³/mol. The Balaban J connectivity index is 1.82. The van der Waals surface area contributed by atoms with Crippen molar-refractivity contribution in [2.45, 2.75) is 19.4 Å². The maximum atomic E-state index is 5.41. The van der Waals surface area contributed by atoms with Crippen molar-refractivity contribution < 1.29 is 4.74 Å². The molecule has 1 aliphatic heterocycles. The number of morpholine rings is 1. The molecule has 1 aromatic carbocycles. The van der Waals surface area contributed by atoms with Crippen LogP contribution in [-0.2, 0) is 4.74 Å². The summed E-state index contributed by atoms with van der Waals surface area (Å²) >= 11 is 8.82. The van der Waals surface area contributed by atoms with Gasteiger partial charge < -0.3 is 15.4 Å². The second-order valence-corrected chi connectivity index (χ2v) is 7.05. The Kier molecular flexibility index (Phi) is 5.98. The molecule has 0 aromatic heterocycles. The monoisotopic (exact) mass is 371 g/mol. The molecule has 1 saturated heterocycles. The van der Waals surface area contributed by atoms with Crippen molar-refractivity contribution in [2.24, 2.45) is 0 Å². The molecule has 2 rings (SSSR count). The summed E-state index contributed by atoms with van der Waals surface area (Å²) in [7, 11) is 0. The standard InChI is InChI=1S/C15H22BrN3OS/c1-15(2,19-6-8-20-9-7-19)11-17-14(21)18-13-5-3-4-12(16)10-13/h3-5,10H,6-9,11H2,1-2H3,(H2,17,18,21). The third-order valence-corrected chi connectivity index (χ3v) is 4.37. The lowest BCUT2D eigenvalue weighted by Gasteiger charge is -2.41. The maximum absolute atomic E-state index is 5.41. The van der Waals surface area contributed by atoms with Gasteiger partial charge in [-0.2, -0.15) is 0 Å². The highest BCUT2D eigenvalue weighted by atomic mass is 79.9. The van der Waals surface area contributed by atoms with Gasteiger partial charge in [-0.15, -0.1) is 0 Å². The summed E-state index contributed by atoms with van der Waals surface area (Å²) in [5.41, 5.74) is 1.03. The van der Waals surface area contributed by atoms with Crippen LogP contribution in [0.3, 0.4) is 0 Å². The first kappa shape index (κ1) is 16.7. The molecule has 4 nitrogen and oxygen atoms in total. The second-order valence-electron chi connectivity index (χ2n) is 5.73. The van der Waals surface area contributed by atoms with E-state index in [2.05, 4.69) is 45.3 Å². The van der Waals surface area contributed by atoms with Crippen molar-refractivity contribution in [3.63, 3.8) is 0 Å². The van der Waals surface area contributed by atoms with E-state index >= 15 is 0 Å². The lowest BCUT2D eigenvalue weighted by atomic mass is 10.0. The molecule has 0 bridgehead atoms. The van der Waals surface area contributed by atoms with Crippen molar-refractivity contribution in [3.05, 3.63) is 28.7 Å². The molecule has 21 heavy (non-hydrogen) atoms. The molecule has 0 atom stereocenters. The number of ether oxygens (including phenoxy) is 1. The molecule has 0 aliphatic carbocycles. The van der Waals surface area contributed by atoms with E-state index in [0.29, 0.717) is 5.11 Å². The SMILES string of the molecule is CC(C)(CNC(=S)Nc1cccc(Br)c1)N1CCOCC1. The number of hydrogen-bond donors (Lipinski definition) is 2. The molecular formula is C15H22BrN3OS. The van der Waals surface area contributed by atoms with Crippen LogP contribution in [0, 0.1) is 0 Å². The number of thiocarbonyl (C=S) groups is 1. The summed E-state index contributed by atoms with van der Waals surface area (Å²) in [4.78, 5) is 2.44. The van der Waals surface area contributed by atoms with Gasteiger partial charge in [-0.25, -0.2) is 0 Å². The van der Waals surface area contributed by atoms with Crippen molar-refractivity contribution in [1.82, 2.24) is 10.2 Å². The molecule has 0 saturated carbocycles. The average molecular weight is 372 g/mol. The number of anilines is 1. The van der Waals surface area contributed by atoms with Crippen molar-refractivity contribution in [3.8, 4) is 0 Å². The fourth-order valence-electron chi connectivity index (χ4n) is 2.32. The summed E-state index contributed by atoms with van der Waals surface area (Å²) < 4.78 is 6.44. The molecule has 6 heteroatoms. The minimum Gasteiger partial charge on any atom is -0.379 e. The Morgan fingerprint density at radius 1 is 1.38 bits per heavy atom. The third kappa shape index (κ3) is 5.21. The van der Waals surface area contributed by atoms with Crippen LogP contribution in [-0.4, -0.2) is 48.4 Å². The minimum atomic E-state index is 0.0484. The van der Waals surface area contributed by atoms with E-state index in [0.717, 1.165) is 43.0 Å². The zero-order valence-corrected chi connectivity index (χ0v) is 14.9. The highest BCUT2D eigenvalue weighted by Gasteiger charge is 2.28. The first-order valence-corrected chi connectivity index (χ1v) is 8.31. The van der Waals surface area contributed by atoms with Gasteiger partial charge >= 0.3 is 0 Å². The Morgan fingerprint density at radius 3 is 2.76 bits per heavy atom. The first-order valence-electron chi connectivity index (χ1n) is 7.10. The van der Waals surface area contributed by atoms with Gasteiger partial charge in [-0.05, 0) is 44.3 Å². The lowest BCUT2D eigenvalue weighted by Crippen LogP contribution is -2.55. The molecule has 1 aliphatic rings. The summed E-state index contributed by atoms with van der Waals surface area (Å²) in [6.07, 6.45) is 0. The normalized spacial score (nSPS) is 16.5. The van der Waals surface area contributed by atoms with Crippen LogP contribution >= 0.6 is 28.1 Å². The summed E-state index contributed by atoms with van der Waals surface area (Å²) in [6, 6.07) is 7.96. The molecular weight excluding hydrogens is 350 g/mol. The topological polar surface area (TPSA) is 36.5 Å². The highest BCUT2D eigenvalue weighted by molar-refractivity contribution is 9.10. The summed E-state index contributed by atoms with van der Waals surface area (Å²) in [5, 5.41) is 7.16. The van der Waals surface area contributed by atoms with Crippen LogP contribution in [0.5, 0.6) is 0 Å². The maximum Gasteiger partial charge on any atom is 0.170 e. The van der Waals surface area contributed by atoms with Gasteiger partial charge in [0.2, 0.25) is 0 Å². The molecule has 1 heterocycles. The Morgan fingerprint density at radius 2 is 2.10 bits per heavy atom. The van der Waals surface area contributed by atoms with Crippen molar-refractivity contribution in [1.29, 1.82) is 0 Å². The van der Waals surface area contributed by atoms with Gasteiger partial charge in [0.05, 0.1) is 13.2 Å². The van der Waals surface area contributed by atoms with E-state index < -0.39 is 0 Å². The molecule has 116 valence electrons. The molecule has 0 radical (unpaired) electrons.